The predicted molar refractivity (Wildman–Crippen MR) is 73.7 cm³/mol. The summed E-state index contributed by atoms with van der Waals surface area (Å²) < 4.78 is 0. The van der Waals surface area contributed by atoms with Gasteiger partial charge in [-0.2, -0.15) is 0 Å². The van der Waals surface area contributed by atoms with Crippen molar-refractivity contribution in [1.82, 2.24) is 10.6 Å². The summed E-state index contributed by atoms with van der Waals surface area (Å²) in [5.41, 5.74) is 0.756. The monoisotopic (exact) mass is 260 g/mol. The van der Waals surface area contributed by atoms with E-state index in [1.165, 1.54) is 0 Å². The van der Waals surface area contributed by atoms with Crippen LogP contribution in [0, 0.1) is 0 Å². The minimum atomic E-state index is -0.336. The van der Waals surface area contributed by atoms with Gasteiger partial charge in [0.1, 0.15) is 0 Å². The SMILES string of the molecule is CNCCCC1(c2ccccc2)CC(=O)NC(=O)C1. The Morgan fingerprint density at radius 2 is 1.79 bits per heavy atom. The first-order chi connectivity index (χ1) is 9.16. The molecular weight excluding hydrogens is 240 g/mol. The lowest BCUT2D eigenvalue weighted by Gasteiger charge is -2.36. The third-order valence-corrected chi connectivity index (χ3v) is 3.74. The van der Waals surface area contributed by atoms with Gasteiger partial charge in [0, 0.05) is 18.3 Å². The molecule has 1 fully saturated rings. The predicted octanol–water partition coefficient (Wildman–Crippen LogP) is 1.36. The Labute approximate surface area is 113 Å². The van der Waals surface area contributed by atoms with Crippen molar-refractivity contribution in [2.45, 2.75) is 31.1 Å². The summed E-state index contributed by atoms with van der Waals surface area (Å²) in [5, 5.41) is 5.51. The molecule has 0 bridgehead atoms. The zero-order valence-corrected chi connectivity index (χ0v) is 11.2. The number of nitrogens with one attached hydrogen (secondary N) is 2. The Morgan fingerprint density at radius 3 is 2.37 bits per heavy atom. The minimum Gasteiger partial charge on any atom is -0.320 e. The van der Waals surface area contributed by atoms with E-state index >= 15 is 0 Å². The Hall–Kier alpha value is -1.68. The summed E-state index contributed by atoms with van der Waals surface area (Å²) in [6, 6.07) is 9.92. The molecule has 0 spiro atoms. The molecule has 0 radical (unpaired) electrons. The fourth-order valence-electron chi connectivity index (χ4n) is 2.84. The van der Waals surface area contributed by atoms with E-state index in [0.717, 1.165) is 24.9 Å². The first kappa shape index (κ1) is 13.7. The first-order valence-corrected chi connectivity index (χ1v) is 6.69. The van der Waals surface area contributed by atoms with Gasteiger partial charge in [0.05, 0.1) is 0 Å². The molecule has 1 aromatic carbocycles. The van der Waals surface area contributed by atoms with Crippen molar-refractivity contribution in [2.24, 2.45) is 0 Å². The van der Waals surface area contributed by atoms with E-state index in [9.17, 15) is 9.59 Å². The van der Waals surface area contributed by atoms with E-state index in [0.29, 0.717) is 12.8 Å². The average molecular weight is 260 g/mol. The lowest BCUT2D eigenvalue weighted by atomic mass is 9.69. The number of hydrogen-bond acceptors (Lipinski definition) is 3. The third-order valence-electron chi connectivity index (χ3n) is 3.74. The van der Waals surface area contributed by atoms with Crippen LogP contribution in [0.3, 0.4) is 0 Å². The quantitative estimate of drug-likeness (QED) is 0.621. The summed E-state index contributed by atoms with van der Waals surface area (Å²) in [6.07, 6.45) is 2.59. The van der Waals surface area contributed by atoms with E-state index < -0.39 is 0 Å². The second-order valence-electron chi connectivity index (χ2n) is 5.18. The molecule has 0 unspecified atom stereocenters. The number of rotatable bonds is 5. The van der Waals surface area contributed by atoms with Crippen LogP contribution in [0.4, 0.5) is 0 Å². The fraction of sp³-hybridized carbons (Fsp3) is 0.467. The van der Waals surface area contributed by atoms with E-state index in [2.05, 4.69) is 10.6 Å². The highest BCUT2D eigenvalue weighted by Crippen LogP contribution is 2.38. The molecule has 4 heteroatoms. The molecule has 102 valence electrons. The van der Waals surface area contributed by atoms with Gasteiger partial charge in [-0.3, -0.25) is 14.9 Å². The Bertz CT molecular complexity index is 440. The van der Waals surface area contributed by atoms with E-state index in [-0.39, 0.29) is 17.2 Å². The molecule has 0 aromatic heterocycles. The van der Waals surface area contributed by atoms with Gasteiger partial charge in [-0.15, -0.1) is 0 Å². The van der Waals surface area contributed by atoms with Gasteiger partial charge in [-0.1, -0.05) is 30.3 Å². The van der Waals surface area contributed by atoms with Crippen LogP contribution in [-0.4, -0.2) is 25.4 Å². The number of carbonyl (C=O) groups is 2. The highest BCUT2D eigenvalue weighted by atomic mass is 16.2. The summed E-state index contributed by atoms with van der Waals surface area (Å²) in [4.78, 5) is 23.5. The Morgan fingerprint density at radius 1 is 1.16 bits per heavy atom. The van der Waals surface area contributed by atoms with Crippen molar-refractivity contribution < 1.29 is 9.59 Å². The van der Waals surface area contributed by atoms with Crippen LogP contribution in [0.2, 0.25) is 0 Å². The standard InChI is InChI=1S/C15H20N2O2/c1-16-9-5-8-15(12-6-3-2-4-7-12)10-13(18)17-14(19)11-15/h2-4,6-7,16H,5,8-11H2,1H3,(H,17,18,19). The molecule has 1 aromatic rings. The maximum absolute atomic E-state index is 11.7. The minimum absolute atomic E-state index is 0.162. The van der Waals surface area contributed by atoms with Crippen LogP contribution >= 0.6 is 0 Å². The van der Waals surface area contributed by atoms with Crippen LogP contribution in [0.25, 0.3) is 0 Å². The molecule has 2 amide bonds. The summed E-state index contributed by atoms with van der Waals surface area (Å²) >= 11 is 0. The first-order valence-electron chi connectivity index (χ1n) is 6.69. The van der Waals surface area contributed by atoms with Crippen LogP contribution in [0.5, 0.6) is 0 Å². The Kier molecular flexibility index (Phi) is 4.32. The van der Waals surface area contributed by atoms with Crippen molar-refractivity contribution >= 4 is 11.8 Å². The van der Waals surface area contributed by atoms with Gasteiger partial charge in [0.25, 0.3) is 0 Å². The number of imide groups is 1. The second kappa shape index (κ2) is 5.97. The van der Waals surface area contributed by atoms with Crippen LogP contribution in [-0.2, 0) is 15.0 Å². The average Bonchev–Trinajstić information content (AvgIpc) is 2.39. The molecule has 1 aliphatic rings. The zero-order chi connectivity index (χ0) is 13.7. The summed E-state index contributed by atoms with van der Waals surface area (Å²) in [5.74, 6) is -0.325. The molecule has 2 rings (SSSR count). The molecule has 0 atom stereocenters. The maximum atomic E-state index is 11.7. The van der Waals surface area contributed by atoms with E-state index in [4.69, 9.17) is 0 Å². The highest BCUT2D eigenvalue weighted by molar-refractivity contribution is 5.99. The number of benzene rings is 1. The van der Waals surface area contributed by atoms with Gasteiger partial charge in [-0.05, 0) is 32.0 Å². The van der Waals surface area contributed by atoms with E-state index in [1.807, 2.05) is 37.4 Å². The van der Waals surface area contributed by atoms with Crippen LogP contribution in [0.1, 0.15) is 31.2 Å². The van der Waals surface area contributed by atoms with Crippen molar-refractivity contribution in [3.8, 4) is 0 Å². The number of amides is 2. The molecule has 0 saturated carbocycles. The van der Waals surface area contributed by atoms with Gasteiger partial charge < -0.3 is 5.32 Å². The fourth-order valence-corrected chi connectivity index (χ4v) is 2.84. The van der Waals surface area contributed by atoms with Crippen molar-refractivity contribution in [2.75, 3.05) is 13.6 Å². The molecule has 4 nitrogen and oxygen atoms in total. The van der Waals surface area contributed by atoms with Crippen LogP contribution in [0.15, 0.2) is 30.3 Å². The smallest absolute Gasteiger partial charge is 0.227 e. The summed E-state index contributed by atoms with van der Waals surface area (Å²) in [7, 11) is 1.91. The zero-order valence-electron chi connectivity index (χ0n) is 11.2. The lowest BCUT2D eigenvalue weighted by Crippen LogP contribution is -2.47. The maximum Gasteiger partial charge on any atom is 0.227 e. The second-order valence-corrected chi connectivity index (χ2v) is 5.18. The number of piperidine rings is 1. The van der Waals surface area contributed by atoms with Gasteiger partial charge in [0.15, 0.2) is 0 Å². The summed E-state index contributed by atoms with van der Waals surface area (Å²) in [6.45, 7) is 0.893. The molecule has 1 heterocycles. The molecule has 1 aliphatic heterocycles. The topological polar surface area (TPSA) is 58.2 Å². The number of hydrogen-bond donors (Lipinski definition) is 2. The van der Waals surface area contributed by atoms with Crippen molar-refractivity contribution in [3.63, 3.8) is 0 Å². The number of carbonyl (C=O) groups excluding carboxylic acids is 2. The molecule has 1 saturated heterocycles. The highest BCUT2D eigenvalue weighted by Gasteiger charge is 2.40. The van der Waals surface area contributed by atoms with Crippen molar-refractivity contribution in [3.05, 3.63) is 35.9 Å². The Balaban J connectivity index is 2.27. The third kappa shape index (κ3) is 3.20. The normalized spacial score (nSPS) is 18.2. The van der Waals surface area contributed by atoms with E-state index in [1.54, 1.807) is 0 Å². The lowest BCUT2D eigenvalue weighted by molar-refractivity contribution is -0.135. The van der Waals surface area contributed by atoms with Gasteiger partial charge in [0.2, 0.25) is 11.8 Å². The molecule has 2 N–H and O–H groups in total. The molecule has 0 aliphatic carbocycles. The van der Waals surface area contributed by atoms with Crippen LogP contribution < -0.4 is 10.6 Å². The van der Waals surface area contributed by atoms with Crippen molar-refractivity contribution in [1.29, 1.82) is 0 Å². The molecular formula is C15H20N2O2. The molecule has 19 heavy (non-hydrogen) atoms. The van der Waals surface area contributed by atoms with Gasteiger partial charge >= 0.3 is 0 Å². The largest absolute Gasteiger partial charge is 0.320 e. The van der Waals surface area contributed by atoms with Gasteiger partial charge in [-0.25, -0.2) is 0 Å².